The zero-order valence-electron chi connectivity index (χ0n) is 18.9. The minimum atomic E-state index is -0.182. The van der Waals surface area contributed by atoms with E-state index in [-0.39, 0.29) is 11.8 Å². The van der Waals surface area contributed by atoms with E-state index in [0.29, 0.717) is 35.5 Å². The Morgan fingerprint density at radius 3 is 2.79 bits per heavy atom. The van der Waals surface area contributed by atoms with Crippen LogP contribution in [0.2, 0.25) is 0 Å². The number of benzene rings is 1. The Morgan fingerprint density at radius 1 is 1.12 bits per heavy atom. The van der Waals surface area contributed by atoms with Crippen molar-refractivity contribution in [1.82, 2.24) is 25.1 Å². The third kappa shape index (κ3) is 4.26. The van der Waals surface area contributed by atoms with E-state index in [9.17, 15) is 4.79 Å². The van der Waals surface area contributed by atoms with E-state index >= 15 is 0 Å². The molecule has 3 aromatic heterocycles. The molecule has 1 saturated heterocycles. The highest BCUT2D eigenvalue weighted by molar-refractivity contribution is 6.02. The molecular formula is C24H25N7O2. The van der Waals surface area contributed by atoms with Crippen LogP contribution in [0.4, 0.5) is 11.5 Å². The number of hydrogen-bond acceptors (Lipinski definition) is 8. The number of aromatic nitrogens is 5. The van der Waals surface area contributed by atoms with Gasteiger partial charge in [-0.3, -0.25) is 9.78 Å². The van der Waals surface area contributed by atoms with Crippen LogP contribution in [-0.2, 0) is 4.79 Å². The highest BCUT2D eigenvalue weighted by atomic mass is 16.5. The number of carbonyl (C=O) groups excluding carboxylic acids is 1. The smallest absolute Gasteiger partial charge is 0.263 e. The number of pyridine rings is 1. The summed E-state index contributed by atoms with van der Waals surface area (Å²) in [5.74, 6) is 2.11. The van der Waals surface area contributed by atoms with Crippen LogP contribution >= 0.6 is 0 Å². The van der Waals surface area contributed by atoms with E-state index in [1.165, 1.54) is 0 Å². The van der Waals surface area contributed by atoms with Crippen LogP contribution in [0.15, 0.2) is 41.1 Å². The molecular weight excluding hydrogens is 418 g/mol. The van der Waals surface area contributed by atoms with Crippen molar-refractivity contribution in [3.63, 3.8) is 0 Å². The molecule has 1 amide bonds. The lowest BCUT2D eigenvalue weighted by Gasteiger charge is -2.33. The molecule has 0 bridgehead atoms. The summed E-state index contributed by atoms with van der Waals surface area (Å²) >= 11 is 0. The summed E-state index contributed by atoms with van der Waals surface area (Å²) in [6.07, 6.45) is 3.39. The lowest BCUT2D eigenvalue weighted by molar-refractivity contribution is -0.120. The zero-order chi connectivity index (χ0) is 22.9. The predicted molar refractivity (Wildman–Crippen MR) is 125 cm³/mol. The predicted octanol–water partition coefficient (Wildman–Crippen LogP) is 3.86. The molecule has 1 aliphatic rings. The summed E-state index contributed by atoms with van der Waals surface area (Å²) in [4.78, 5) is 33.3. The summed E-state index contributed by atoms with van der Waals surface area (Å²) < 4.78 is 5.37. The van der Waals surface area contributed by atoms with Crippen LogP contribution < -0.4 is 10.2 Å². The van der Waals surface area contributed by atoms with Gasteiger partial charge in [-0.25, -0.2) is 9.97 Å². The Hall–Kier alpha value is -3.88. The van der Waals surface area contributed by atoms with Crippen LogP contribution in [0, 0.1) is 26.7 Å². The number of hydrogen-bond donors (Lipinski definition) is 1. The summed E-state index contributed by atoms with van der Waals surface area (Å²) in [5, 5.41) is 7.98. The van der Waals surface area contributed by atoms with E-state index in [1.807, 2.05) is 44.2 Å². The van der Waals surface area contributed by atoms with Crippen molar-refractivity contribution in [2.24, 2.45) is 5.92 Å². The van der Waals surface area contributed by atoms with Crippen LogP contribution in [0.1, 0.15) is 30.2 Å². The van der Waals surface area contributed by atoms with Gasteiger partial charge in [0.15, 0.2) is 5.82 Å². The van der Waals surface area contributed by atoms with Crippen molar-refractivity contribution in [3.8, 4) is 11.5 Å². The van der Waals surface area contributed by atoms with Gasteiger partial charge >= 0.3 is 0 Å². The normalized spacial score (nSPS) is 16.2. The first-order valence-corrected chi connectivity index (χ1v) is 11.0. The molecule has 0 radical (unpaired) electrons. The third-order valence-corrected chi connectivity index (χ3v) is 5.84. The Labute approximate surface area is 191 Å². The first kappa shape index (κ1) is 21.0. The average molecular weight is 444 g/mol. The second-order valence-corrected chi connectivity index (χ2v) is 8.40. The standard InChI is InChI=1S/C24H25N7O2/c1-14-11-21(18-8-4-5-9-20(18)26-14)29-23(32)17-7-6-10-31(13-17)22-19(12-25-15(2)27-22)24-28-16(3)30-33-24/h4-5,8-9,11-12,17H,6-7,10,13H2,1-3H3,(H,26,29,32). The number of nitrogens with zero attached hydrogens (tertiary/aromatic N) is 6. The third-order valence-electron chi connectivity index (χ3n) is 5.84. The SMILES string of the molecule is Cc1cc(NC(=O)C2CCCN(c3nc(C)ncc3-c3nc(C)no3)C2)c2ccccc2n1. The van der Waals surface area contributed by atoms with Crippen molar-refractivity contribution in [3.05, 3.63) is 53.9 Å². The van der Waals surface area contributed by atoms with E-state index in [2.05, 4.69) is 35.3 Å². The monoisotopic (exact) mass is 443 g/mol. The number of aryl methyl sites for hydroxylation is 3. The number of nitrogens with one attached hydrogen (secondary N) is 1. The summed E-state index contributed by atoms with van der Waals surface area (Å²) in [7, 11) is 0. The summed E-state index contributed by atoms with van der Waals surface area (Å²) in [5.41, 5.74) is 3.21. The molecule has 1 atom stereocenters. The molecule has 1 fully saturated rings. The van der Waals surface area contributed by atoms with Gasteiger partial charge in [0.05, 0.1) is 17.1 Å². The van der Waals surface area contributed by atoms with E-state index in [0.717, 1.165) is 41.7 Å². The van der Waals surface area contributed by atoms with Crippen LogP contribution in [0.25, 0.3) is 22.4 Å². The number of fused-ring (bicyclic) bond motifs is 1. The van der Waals surface area contributed by atoms with Gasteiger partial charge in [0.2, 0.25) is 5.91 Å². The van der Waals surface area contributed by atoms with Crippen molar-refractivity contribution in [2.75, 3.05) is 23.3 Å². The molecule has 1 N–H and O–H groups in total. The fraction of sp³-hybridized carbons (Fsp3) is 0.333. The Bertz CT molecular complexity index is 1330. The molecule has 0 saturated carbocycles. The van der Waals surface area contributed by atoms with E-state index < -0.39 is 0 Å². The molecule has 9 nitrogen and oxygen atoms in total. The Balaban J connectivity index is 1.40. The maximum Gasteiger partial charge on any atom is 0.263 e. The number of amides is 1. The van der Waals surface area contributed by atoms with Gasteiger partial charge in [0.25, 0.3) is 5.89 Å². The Morgan fingerprint density at radius 2 is 1.97 bits per heavy atom. The van der Waals surface area contributed by atoms with Gasteiger partial charge in [-0.15, -0.1) is 0 Å². The largest absolute Gasteiger partial charge is 0.355 e. The molecule has 1 aromatic carbocycles. The summed E-state index contributed by atoms with van der Waals surface area (Å²) in [6.45, 7) is 6.88. The van der Waals surface area contributed by atoms with Crippen LogP contribution in [-0.4, -0.2) is 44.1 Å². The molecule has 168 valence electrons. The Kier molecular flexibility index (Phi) is 5.45. The molecule has 4 aromatic rings. The minimum Gasteiger partial charge on any atom is -0.355 e. The number of rotatable bonds is 4. The van der Waals surface area contributed by atoms with Crippen molar-refractivity contribution in [1.29, 1.82) is 0 Å². The number of carbonyl (C=O) groups is 1. The highest BCUT2D eigenvalue weighted by Crippen LogP contribution is 2.31. The van der Waals surface area contributed by atoms with E-state index in [1.54, 1.807) is 13.1 Å². The lowest BCUT2D eigenvalue weighted by Crippen LogP contribution is -2.41. The lowest BCUT2D eigenvalue weighted by atomic mass is 9.96. The van der Waals surface area contributed by atoms with Gasteiger partial charge in [0.1, 0.15) is 17.2 Å². The molecule has 33 heavy (non-hydrogen) atoms. The zero-order valence-corrected chi connectivity index (χ0v) is 18.9. The van der Waals surface area contributed by atoms with Crippen LogP contribution in [0.3, 0.4) is 0 Å². The number of anilines is 2. The first-order chi connectivity index (χ1) is 16.0. The molecule has 1 aliphatic heterocycles. The topological polar surface area (TPSA) is 110 Å². The van der Waals surface area contributed by atoms with Crippen molar-refractivity contribution in [2.45, 2.75) is 33.6 Å². The maximum atomic E-state index is 13.3. The maximum absolute atomic E-state index is 13.3. The molecule has 9 heteroatoms. The van der Waals surface area contributed by atoms with Crippen molar-refractivity contribution < 1.29 is 9.32 Å². The molecule has 0 spiro atoms. The average Bonchev–Trinajstić information content (AvgIpc) is 3.25. The summed E-state index contributed by atoms with van der Waals surface area (Å²) in [6, 6.07) is 9.76. The quantitative estimate of drug-likeness (QED) is 0.506. The minimum absolute atomic E-state index is 0.00332. The van der Waals surface area contributed by atoms with Gasteiger partial charge in [-0.05, 0) is 45.7 Å². The highest BCUT2D eigenvalue weighted by Gasteiger charge is 2.29. The van der Waals surface area contributed by atoms with Crippen LogP contribution in [0.5, 0.6) is 0 Å². The molecule has 5 rings (SSSR count). The fourth-order valence-electron chi connectivity index (χ4n) is 4.29. The molecule has 1 unspecified atom stereocenters. The number of para-hydroxylation sites is 1. The van der Waals surface area contributed by atoms with Gasteiger partial charge < -0.3 is 14.7 Å². The second kappa shape index (κ2) is 8.57. The van der Waals surface area contributed by atoms with Crippen molar-refractivity contribution >= 4 is 28.3 Å². The van der Waals surface area contributed by atoms with Gasteiger partial charge in [0, 0.05) is 30.4 Å². The molecule has 4 heterocycles. The van der Waals surface area contributed by atoms with Gasteiger partial charge in [-0.2, -0.15) is 4.98 Å². The van der Waals surface area contributed by atoms with E-state index in [4.69, 9.17) is 4.52 Å². The van der Waals surface area contributed by atoms with Gasteiger partial charge in [-0.1, -0.05) is 23.4 Å². The second-order valence-electron chi connectivity index (χ2n) is 8.40. The number of piperidine rings is 1. The first-order valence-electron chi connectivity index (χ1n) is 11.0. The fourth-order valence-corrected chi connectivity index (χ4v) is 4.29. The molecule has 0 aliphatic carbocycles.